The minimum absolute atomic E-state index is 0.238. The summed E-state index contributed by atoms with van der Waals surface area (Å²) in [7, 11) is -0.355. The van der Waals surface area contributed by atoms with Gasteiger partial charge in [0.2, 0.25) is 0 Å². The molecule has 0 atom stereocenters. The van der Waals surface area contributed by atoms with E-state index in [0.29, 0.717) is 5.92 Å². The summed E-state index contributed by atoms with van der Waals surface area (Å²) in [4.78, 5) is 4.39. The van der Waals surface area contributed by atoms with Crippen LogP contribution in [0, 0.1) is 5.92 Å². The lowest BCUT2D eigenvalue weighted by Crippen LogP contribution is -2.30. The molecule has 2 rings (SSSR count). The molecule has 1 saturated carbocycles. The number of imidazole rings is 1. The average molecular weight is 313 g/mol. The topological polar surface area (TPSA) is 55.2 Å². The Hall–Kier alpha value is -0.880. The van der Waals surface area contributed by atoms with Gasteiger partial charge in [0, 0.05) is 14.1 Å². The third kappa shape index (κ3) is 3.48. The van der Waals surface area contributed by atoms with Crippen molar-refractivity contribution in [2.24, 2.45) is 5.92 Å². The smallest absolute Gasteiger partial charge is 0.240 e. The lowest BCUT2D eigenvalue weighted by Gasteiger charge is -2.23. The van der Waals surface area contributed by atoms with Gasteiger partial charge in [-0.3, -0.25) is 0 Å². The van der Waals surface area contributed by atoms with Gasteiger partial charge in [-0.1, -0.05) is 46.0 Å². The van der Waals surface area contributed by atoms with Crippen molar-refractivity contribution in [3.05, 3.63) is 17.7 Å². The predicted octanol–water partition coefficient (Wildman–Crippen LogP) is 2.78. The molecule has 0 bridgehead atoms. The van der Waals surface area contributed by atoms with Crippen molar-refractivity contribution in [2.75, 3.05) is 14.1 Å². The number of rotatable bonds is 5. The molecule has 0 amide bonds. The molecule has 1 aromatic rings. The summed E-state index contributed by atoms with van der Waals surface area (Å²) in [5, 5.41) is 0. The Bertz CT molecular complexity index is 570. The van der Waals surface area contributed by atoms with Gasteiger partial charge in [0.1, 0.15) is 6.33 Å². The van der Waals surface area contributed by atoms with Gasteiger partial charge in [0.05, 0.1) is 11.4 Å². The third-order valence-corrected chi connectivity index (χ3v) is 6.06. The second-order valence-electron chi connectivity index (χ2n) is 6.53. The zero-order chi connectivity index (χ0) is 15.6. The molecular formula is C15H27N3O2S. The van der Waals surface area contributed by atoms with Crippen LogP contribution in [-0.4, -0.2) is 35.8 Å². The number of hydrogen-bond donors (Lipinski definition) is 0. The molecule has 1 heterocycles. The lowest BCUT2D eigenvalue weighted by molar-refractivity contribution is 0.352. The molecule has 1 aliphatic rings. The standard InChI is InChI=1S/C15H27N3O2S/c1-12(2)15-14(10-13-8-6-5-7-9-13)18(11-16-15)21(19,20)17(3)4/h11-13H,5-10H2,1-4H3. The maximum absolute atomic E-state index is 12.5. The Kier molecular flexibility index (Phi) is 5.09. The molecular weight excluding hydrogens is 286 g/mol. The van der Waals surface area contributed by atoms with Gasteiger partial charge in [0.15, 0.2) is 0 Å². The van der Waals surface area contributed by atoms with Crippen molar-refractivity contribution in [1.29, 1.82) is 0 Å². The summed E-state index contributed by atoms with van der Waals surface area (Å²) in [6.45, 7) is 4.14. The van der Waals surface area contributed by atoms with Crippen molar-refractivity contribution in [2.45, 2.75) is 58.3 Å². The Labute approximate surface area is 128 Å². The Balaban J connectivity index is 2.38. The normalized spacial score (nSPS) is 17.8. The minimum Gasteiger partial charge on any atom is -0.240 e. The molecule has 6 heteroatoms. The second kappa shape index (κ2) is 6.48. The van der Waals surface area contributed by atoms with E-state index < -0.39 is 10.2 Å². The molecule has 120 valence electrons. The lowest BCUT2D eigenvalue weighted by atomic mass is 9.85. The summed E-state index contributed by atoms with van der Waals surface area (Å²) in [6.07, 6.45) is 8.52. The van der Waals surface area contributed by atoms with Crippen LogP contribution in [0.2, 0.25) is 0 Å². The van der Waals surface area contributed by atoms with Crippen molar-refractivity contribution in [3.63, 3.8) is 0 Å². The van der Waals surface area contributed by atoms with E-state index in [0.717, 1.165) is 17.8 Å². The van der Waals surface area contributed by atoms with Crippen molar-refractivity contribution < 1.29 is 8.42 Å². The first-order valence-corrected chi connectivity index (χ1v) is 9.23. The Morgan fingerprint density at radius 3 is 2.43 bits per heavy atom. The van der Waals surface area contributed by atoms with Crippen LogP contribution < -0.4 is 0 Å². The molecule has 0 spiro atoms. The largest absolute Gasteiger partial charge is 0.308 e. The maximum Gasteiger partial charge on any atom is 0.308 e. The van der Waals surface area contributed by atoms with Crippen molar-refractivity contribution >= 4 is 10.2 Å². The number of aromatic nitrogens is 2. The second-order valence-corrected chi connectivity index (χ2v) is 8.54. The van der Waals surface area contributed by atoms with Crippen LogP contribution in [0.15, 0.2) is 6.33 Å². The van der Waals surface area contributed by atoms with E-state index >= 15 is 0 Å². The number of nitrogens with zero attached hydrogens (tertiary/aromatic N) is 3. The average Bonchev–Trinajstić information content (AvgIpc) is 2.84. The molecule has 0 radical (unpaired) electrons. The van der Waals surface area contributed by atoms with Gasteiger partial charge in [0.25, 0.3) is 0 Å². The van der Waals surface area contributed by atoms with E-state index in [1.807, 2.05) is 0 Å². The molecule has 1 fully saturated rings. The van der Waals surface area contributed by atoms with E-state index in [9.17, 15) is 8.42 Å². The van der Waals surface area contributed by atoms with Crippen LogP contribution in [0.4, 0.5) is 0 Å². The molecule has 1 aliphatic carbocycles. The van der Waals surface area contributed by atoms with Crippen LogP contribution >= 0.6 is 0 Å². The summed E-state index contributed by atoms with van der Waals surface area (Å²) in [6, 6.07) is 0. The van der Waals surface area contributed by atoms with Gasteiger partial charge in [-0.2, -0.15) is 12.7 Å². The first-order valence-electron chi connectivity index (χ1n) is 7.83. The van der Waals surface area contributed by atoms with Crippen LogP contribution in [0.5, 0.6) is 0 Å². The first-order chi connectivity index (χ1) is 9.84. The van der Waals surface area contributed by atoms with Gasteiger partial charge in [-0.25, -0.2) is 8.96 Å². The highest BCUT2D eigenvalue weighted by atomic mass is 32.2. The fourth-order valence-corrected chi connectivity index (χ4v) is 4.05. The molecule has 1 aromatic heterocycles. The Morgan fingerprint density at radius 1 is 1.29 bits per heavy atom. The number of hydrogen-bond acceptors (Lipinski definition) is 3. The SMILES string of the molecule is CC(C)c1ncn(S(=O)(=O)N(C)C)c1CC1CCCCC1. The molecule has 0 unspecified atom stereocenters. The maximum atomic E-state index is 12.5. The summed E-state index contributed by atoms with van der Waals surface area (Å²) in [5.74, 6) is 0.825. The van der Waals surface area contributed by atoms with E-state index in [-0.39, 0.29) is 5.92 Å². The zero-order valence-corrected chi connectivity index (χ0v) is 14.4. The fourth-order valence-electron chi connectivity index (χ4n) is 3.09. The summed E-state index contributed by atoms with van der Waals surface area (Å²) < 4.78 is 27.6. The molecule has 21 heavy (non-hydrogen) atoms. The zero-order valence-electron chi connectivity index (χ0n) is 13.5. The molecule has 0 N–H and O–H groups in total. The quantitative estimate of drug-likeness (QED) is 0.840. The van der Waals surface area contributed by atoms with Crippen LogP contribution in [0.25, 0.3) is 0 Å². The molecule has 0 aromatic carbocycles. The highest BCUT2D eigenvalue weighted by Crippen LogP contribution is 2.30. The van der Waals surface area contributed by atoms with E-state index in [1.54, 1.807) is 14.1 Å². The molecule has 5 nitrogen and oxygen atoms in total. The van der Waals surface area contributed by atoms with Gasteiger partial charge in [-0.05, 0) is 18.3 Å². The van der Waals surface area contributed by atoms with E-state index in [1.165, 1.54) is 46.7 Å². The Morgan fingerprint density at radius 2 is 1.90 bits per heavy atom. The monoisotopic (exact) mass is 313 g/mol. The first kappa shape index (κ1) is 16.5. The molecule has 0 saturated heterocycles. The van der Waals surface area contributed by atoms with Crippen LogP contribution in [-0.2, 0) is 16.6 Å². The van der Waals surface area contributed by atoms with Crippen LogP contribution in [0.1, 0.15) is 63.3 Å². The summed E-state index contributed by atoms with van der Waals surface area (Å²) in [5.41, 5.74) is 1.80. The predicted molar refractivity (Wildman–Crippen MR) is 84.6 cm³/mol. The highest BCUT2D eigenvalue weighted by Gasteiger charge is 2.26. The van der Waals surface area contributed by atoms with Gasteiger partial charge >= 0.3 is 10.2 Å². The summed E-state index contributed by atoms with van der Waals surface area (Å²) >= 11 is 0. The fraction of sp³-hybridized carbons (Fsp3) is 0.800. The third-order valence-electron chi connectivity index (χ3n) is 4.33. The van der Waals surface area contributed by atoms with E-state index in [4.69, 9.17) is 0 Å². The highest BCUT2D eigenvalue weighted by molar-refractivity contribution is 7.87. The van der Waals surface area contributed by atoms with E-state index in [2.05, 4.69) is 18.8 Å². The van der Waals surface area contributed by atoms with Crippen molar-refractivity contribution in [1.82, 2.24) is 13.3 Å². The van der Waals surface area contributed by atoms with Gasteiger partial charge in [-0.15, -0.1) is 0 Å². The molecule has 0 aliphatic heterocycles. The minimum atomic E-state index is -3.48. The van der Waals surface area contributed by atoms with Crippen LogP contribution in [0.3, 0.4) is 0 Å². The van der Waals surface area contributed by atoms with Crippen molar-refractivity contribution in [3.8, 4) is 0 Å². The van der Waals surface area contributed by atoms with Gasteiger partial charge < -0.3 is 0 Å².